The van der Waals surface area contributed by atoms with Gasteiger partial charge in [-0.15, -0.1) is 0 Å². The second-order valence-corrected chi connectivity index (χ2v) is 3.82. The number of rotatable bonds is 2. The number of aryl methyl sites for hydroxylation is 1. The molecule has 0 saturated heterocycles. The van der Waals surface area contributed by atoms with Crippen molar-refractivity contribution >= 4 is 0 Å². The summed E-state index contributed by atoms with van der Waals surface area (Å²) in [5, 5.41) is 9.06. The van der Waals surface area contributed by atoms with Crippen LogP contribution in [-0.4, -0.2) is 5.11 Å². The van der Waals surface area contributed by atoms with Crippen molar-refractivity contribution in [1.82, 2.24) is 0 Å². The van der Waals surface area contributed by atoms with Crippen LogP contribution in [0.3, 0.4) is 0 Å². The van der Waals surface area contributed by atoms with Crippen LogP contribution in [0.2, 0.25) is 0 Å². The fourth-order valence-corrected chi connectivity index (χ4v) is 1.79. The SMILES string of the molecule is Cc1cc(F)ccc1-c1cccc(CO)c1. The van der Waals surface area contributed by atoms with Gasteiger partial charge in [-0.05, 0) is 47.4 Å². The highest BCUT2D eigenvalue weighted by atomic mass is 19.1. The van der Waals surface area contributed by atoms with E-state index in [1.54, 1.807) is 6.07 Å². The van der Waals surface area contributed by atoms with Gasteiger partial charge in [-0.25, -0.2) is 4.39 Å². The first-order chi connectivity index (χ1) is 7.70. The smallest absolute Gasteiger partial charge is 0.123 e. The lowest BCUT2D eigenvalue weighted by molar-refractivity contribution is 0.282. The highest BCUT2D eigenvalue weighted by molar-refractivity contribution is 5.67. The summed E-state index contributed by atoms with van der Waals surface area (Å²) < 4.78 is 13.0. The number of aliphatic hydroxyl groups excluding tert-OH is 1. The van der Waals surface area contributed by atoms with Crippen LogP contribution in [0, 0.1) is 12.7 Å². The molecule has 2 heteroatoms. The minimum Gasteiger partial charge on any atom is -0.392 e. The molecule has 1 N–H and O–H groups in total. The van der Waals surface area contributed by atoms with E-state index in [1.807, 2.05) is 31.2 Å². The van der Waals surface area contributed by atoms with Gasteiger partial charge < -0.3 is 5.11 Å². The molecule has 16 heavy (non-hydrogen) atoms. The maximum atomic E-state index is 13.0. The average Bonchev–Trinajstić information content (AvgIpc) is 2.29. The van der Waals surface area contributed by atoms with E-state index in [4.69, 9.17) is 5.11 Å². The molecule has 0 aliphatic carbocycles. The summed E-state index contributed by atoms with van der Waals surface area (Å²) in [6.45, 7) is 1.90. The number of hydrogen-bond donors (Lipinski definition) is 1. The first kappa shape index (κ1) is 10.8. The third kappa shape index (κ3) is 2.12. The van der Waals surface area contributed by atoms with E-state index in [1.165, 1.54) is 12.1 Å². The molecule has 82 valence electrons. The van der Waals surface area contributed by atoms with Crippen LogP contribution in [0.5, 0.6) is 0 Å². The third-order valence-electron chi connectivity index (χ3n) is 2.61. The molecule has 0 radical (unpaired) electrons. The summed E-state index contributed by atoms with van der Waals surface area (Å²) in [5.41, 5.74) is 3.76. The maximum Gasteiger partial charge on any atom is 0.123 e. The van der Waals surface area contributed by atoms with E-state index >= 15 is 0 Å². The Balaban J connectivity index is 2.49. The fourth-order valence-electron chi connectivity index (χ4n) is 1.79. The van der Waals surface area contributed by atoms with Gasteiger partial charge in [-0.2, -0.15) is 0 Å². The largest absolute Gasteiger partial charge is 0.392 e. The van der Waals surface area contributed by atoms with E-state index in [2.05, 4.69) is 0 Å². The lowest BCUT2D eigenvalue weighted by Gasteiger charge is -2.07. The molecule has 2 rings (SSSR count). The van der Waals surface area contributed by atoms with Crippen LogP contribution < -0.4 is 0 Å². The van der Waals surface area contributed by atoms with Crippen molar-refractivity contribution in [2.45, 2.75) is 13.5 Å². The van der Waals surface area contributed by atoms with Gasteiger partial charge in [0.1, 0.15) is 5.82 Å². The lowest BCUT2D eigenvalue weighted by atomic mass is 9.99. The van der Waals surface area contributed by atoms with Gasteiger partial charge in [-0.3, -0.25) is 0 Å². The van der Waals surface area contributed by atoms with E-state index in [-0.39, 0.29) is 12.4 Å². The normalized spacial score (nSPS) is 10.4. The van der Waals surface area contributed by atoms with Crippen molar-refractivity contribution in [2.24, 2.45) is 0 Å². The summed E-state index contributed by atoms with van der Waals surface area (Å²) in [5.74, 6) is -0.223. The molecule has 2 aromatic carbocycles. The Morgan fingerprint density at radius 1 is 1.12 bits per heavy atom. The van der Waals surface area contributed by atoms with E-state index in [0.29, 0.717) is 0 Å². The van der Waals surface area contributed by atoms with Crippen molar-refractivity contribution in [3.8, 4) is 11.1 Å². The third-order valence-corrected chi connectivity index (χ3v) is 2.61. The Labute approximate surface area is 94.2 Å². The molecule has 0 atom stereocenters. The summed E-state index contributed by atoms with van der Waals surface area (Å²) in [6, 6.07) is 12.4. The molecule has 0 aliphatic heterocycles. The van der Waals surface area contributed by atoms with Gasteiger partial charge in [0.05, 0.1) is 6.61 Å². The second-order valence-electron chi connectivity index (χ2n) is 3.82. The molecule has 0 aromatic heterocycles. The van der Waals surface area contributed by atoms with Gasteiger partial charge in [0.15, 0.2) is 0 Å². The first-order valence-corrected chi connectivity index (χ1v) is 5.17. The Bertz CT molecular complexity index is 506. The summed E-state index contributed by atoms with van der Waals surface area (Å²) >= 11 is 0. The first-order valence-electron chi connectivity index (χ1n) is 5.17. The standard InChI is InChI=1S/C14H13FO/c1-10-7-13(15)5-6-14(10)12-4-2-3-11(8-12)9-16/h2-8,16H,9H2,1H3. The van der Waals surface area contributed by atoms with Crippen LogP contribution in [0.25, 0.3) is 11.1 Å². The van der Waals surface area contributed by atoms with Gasteiger partial charge >= 0.3 is 0 Å². The Hall–Kier alpha value is -1.67. The van der Waals surface area contributed by atoms with Crippen molar-refractivity contribution in [1.29, 1.82) is 0 Å². The van der Waals surface area contributed by atoms with Gasteiger partial charge in [0.2, 0.25) is 0 Å². The number of benzene rings is 2. The Morgan fingerprint density at radius 2 is 1.94 bits per heavy atom. The molecule has 0 unspecified atom stereocenters. The van der Waals surface area contributed by atoms with Crippen molar-refractivity contribution in [3.05, 3.63) is 59.4 Å². The molecule has 0 heterocycles. The van der Waals surface area contributed by atoms with Crippen LogP contribution in [-0.2, 0) is 6.61 Å². The van der Waals surface area contributed by atoms with Gasteiger partial charge in [0.25, 0.3) is 0 Å². The second kappa shape index (κ2) is 4.45. The zero-order valence-electron chi connectivity index (χ0n) is 9.07. The lowest BCUT2D eigenvalue weighted by Crippen LogP contribution is -1.88. The highest BCUT2D eigenvalue weighted by Crippen LogP contribution is 2.24. The van der Waals surface area contributed by atoms with E-state index in [9.17, 15) is 4.39 Å². The zero-order valence-corrected chi connectivity index (χ0v) is 9.07. The molecular weight excluding hydrogens is 203 g/mol. The van der Waals surface area contributed by atoms with Gasteiger partial charge in [-0.1, -0.05) is 24.3 Å². The summed E-state index contributed by atoms with van der Waals surface area (Å²) in [4.78, 5) is 0. The molecule has 0 amide bonds. The quantitative estimate of drug-likeness (QED) is 0.816. The number of hydrogen-bond acceptors (Lipinski definition) is 1. The van der Waals surface area contributed by atoms with Crippen LogP contribution in [0.4, 0.5) is 4.39 Å². The fraction of sp³-hybridized carbons (Fsp3) is 0.143. The summed E-state index contributed by atoms with van der Waals surface area (Å²) in [6.07, 6.45) is 0. The molecule has 1 nitrogen and oxygen atoms in total. The molecule has 0 bridgehead atoms. The van der Waals surface area contributed by atoms with Crippen molar-refractivity contribution in [2.75, 3.05) is 0 Å². The predicted molar refractivity (Wildman–Crippen MR) is 62.5 cm³/mol. The highest BCUT2D eigenvalue weighted by Gasteiger charge is 2.03. The van der Waals surface area contributed by atoms with E-state index < -0.39 is 0 Å². The van der Waals surface area contributed by atoms with Crippen LogP contribution in [0.1, 0.15) is 11.1 Å². The monoisotopic (exact) mass is 216 g/mol. The van der Waals surface area contributed by atoms with Gasteiger partial charge in [0, 0.05) is 0 Å². The topological polar surface area (TPSA) is 20.2 Å². The maximum absolute atomic E-state index is 13.0. The molecule has 0 spiro atoms. The minimum atomic E-state index is -0.223. The predicted octanol–water partition coefficient (Wildman–Crippen LogP) is 3.29. The number of halogens is 1. The molecule has 2 aromatic rings. The molecular formula is C14H13FO. The summed E-state index contributed by atoms with van der Waals surface area (Å²) in [7, 11) is 0. The molecule has 0 aliphatic rings. The Morgan fingerprint density at radius 3 is 2.62 bits per heavy atom. The van der Waals surface area contributed by atoms with E-state index in [0.717, 1.165) is 22.3 Å². The van der Waals surface area contributed by atoms with Crippen molar-refractivity contribution in [3.63, 3.8) is 0 Å². The minimum absolute atomic E-state index is 0.0219. The Kier molecular flexibility index (Phi) is 3.02. The van der Waals surface area contributed by atoms with Crippen LogP contribution in [0.15, 0.2) is 42.5 Å². The molecule has 0 saturated carbocycles. The molecule has 0 fully saturated rings. The van der Waals surface area contributed by atoms with Crippen molar-refractivity contribution < 1.29 is 9.50 Å². The average molecular weight is 216 g/mol. The zero-order chi connectivity index (χ0) is 11.5. The van der Waals surface area contributed by atoms with Crippen LogP contribution >= 0.6 is 0 Å². The number of aliphatic hydroxyl groups is 1.